The van der Waals surface area contributed by atoms with Gasteiger partial charge in [-0.3, -0.25) is 9.59 Å². The van der Waals surface area contributed by atoms with Gasteiger partial charge in [0.1, 0.15) is 5.54 Å². The molecule has 0 bridgehead atoms. The Kier molecular flexibility index (Phi) is 2.88. The van der Waals surface area contributed by atoms with Gasteiger partial charge in [0.25, 0.3) is 0 Å². The molecule has 0 radical (unpaired) electrons. The predicted molar refractivity (Wildman–Crippen MR) is 59.8 cm³/mol. The summed E-state index contributed by atoms with van der Waals surface area (Å²) in [5, 5.41) is 6.09. The number of nitrogens with one attached hydrogen (secondary N) is 2. The number of piperazine rings is 1. The maximum Gasteiger partial charge on any atom is 0.242 e. The molecule has 90 valence electrons. The van der Waals surface area contributed by atoms with Crippen molar-refractivity contribution in [3.8, 4) is 0 Å². The Morgan fingerprint density at radius 1 is 1.44 bits per heavy atom. The lowest BCUT2D eigenvalue weighted by Crippen LogP contribution is -2.65. The van der Waals surface area contributed by atoms with Crippen molar-refractivity contribution in [3.63, 3.8) is 0 Å². The quantitative estimate of drug-likeness (QED) is 0.622. The lowest BCUT2D eigenvalue weighted by atomic mass is 9.94. The third-order valence-corrected chi connectivity index (χ3v) is 3.38. The van der Waals surface area contributed by atoms with E-state index in [2.05, 4.69) is 10.6 Å². The maximum absolute atomic E-state index is 11.9. The fraction of sp³-hybridized carbons (Fsp3) is 0.818. The summed E-state index contributed by atoms with van der Waals surface area (Å²) in [5.41, 5.74) is -0.525. The number of hydrogen-bond donors (Lipinski definition) is 2. The van der Waals surface area contributed by atoms with Crippen molar-refractivity contribution in [2.75, 3.05) is 26.2 Å². The predicted octanol–water partition coefficient (Wildman–Crippen LogP) is -0.667. The van der Waals surface area contributed by atoms with Crippen LogP contribution in [0.1, 0.15) is 20.3 Å². The zero-order valence-electron chi connectivity index (χ0n) is 9.88. The highest BCUT2D eigenvalue weighted by Gasteiger charge is 2.46. The van der Waals surface area contributed by atoms with E-state index in [4.69, 9.17) is 0 Å². The Labute approximate surface area is 95.6 Å². The summed E-state index contributed by atoms with van der Waals surface area (Å²) in [4.78, 5) is 25.5. The van der Waals surface area contributed by atoms with Crippen LogP contribution in [0.2, 0.25) is 0 Å². The molecule has 5 heteroatoms. The number of carbonyl (C=O) groups excluding carboxylic acids is 2. The van der Waals surface area contributed by atoms with Crippen LogP contribution in [0.4, 0.5) is 0 Å². The Morgan fingerprint density at radius 2 is 2.19 bits per heavy atom. The highest BCUT2D eigenvalue weighted by molar-refractivity contribution is 5.90. The lowest BCUT2D eigenvalue weighted by molar-refractivity contribution is -0.138. The van der Waals surface area contributed by atoms with Crippen LogP contribution in [-0.2, 0) is 9.59 Å². The van der Waals surface area contributed by atoms with Crippen LogP contribution >= 0.6 is 0 Å². The van der Waals surface area contributed by atoms with Crippen LogP contribution < -0.4 is 10.6 Å². The first-order valence-electron chi connectivity index (χ1n) is 5.87. The van der Waals surface area contributed by atoms with E-state index in [1.807, 2.05) is 18.7 Å². The van der Waals surface area contributed by atoms with Crippen molar-refractivity contribution in [2.24, 2.45) is 5.92 Å². The molecule has 1 atom stereocenters. The van der Waals surface area contributed by atoms with E-state index in [0.717, 1.165) is 6.42 Å². The molecule has 2 aliphatic heterocycles. The second-order valence-electron chi connectivity index (χ2n) is 4.93. The van der Waals surface area contributed by atoms with E-state index in [1.165, 1.54) is 0 Å². The summed E-state index contributed by atoms with van der Waals surface area (Å²) >= 11 is 0. The second kappa shape index (κ2) is 4.05. The molecular formula is C11H19N3O2. The van der Waals surface area contributed by atoms with Gasteiger partial charge in [-0.15, -0.1) is 0 Å². The average molecular weight is 225 g/mol. The molecule has 16 heavy (non-hydrogen) atoms. The van der Waals surface area contributed by atoms with Gasteiger partial charge in [-0.2, -0.15) is 0 Å². The molecule has 2 aliphatic rings. The monoisotopic (exact) mass is 225 g/mol. The SMILES string of the molecule is CC(C)C(=O)N1CCNC2(CCNC2=O)C1. The highest BCUT2D eigenvalue weighted by atomic mass is 16.2. The number of amides is 2. The van der Waals surface area contributed by atoms with Gasteiger partial charge in [-0.25, -0.2) is 0 Å². The van der Waals surface area contributed by atoms with Gasteiger partial charge in [-0.05, 0) is 6.42 Å². The molecule has 2 N–H and O–H groups in total. The maximum atomic E-state index is 11.9. The molecule has 1 spiro atoms. The van der Waals surface area contributed by atoms with Crippen molar-refractivity contribution in [1.29, 1.82) is 0 Å². The minimum atomic E-state index is -0.525. The Morgan fingerprint density at radius 3 is 2.75 bits per heavy atom. The largest absolute Gasteiger partial charge is 0.354 e. The summed E-state index contributed by atoms with van der Waals surface area (Å²) in [6.07, 6.45) is 0.772. The molecule has 2 amide bonds. The molecule has 2 saturated heterocycles. The molecule has 2 fully saturated rings. The van der Waals surface area contributed by atoms with Gasteiger partial charge in [0.05, 0.1) is 0 Å². The van der Waals surface area contributed by atoms with Crippen molar-refractivity contribution in [1.82, 2.24) is 15.5 Å². The topological polar surface area (TPSA) is 61.4 Å². The minimum absolute atomic E-state index is 0.000357. The van der Waals surface area contributed by atoms with Crippen molar-refractivity contribution >= 4 is 11.8 Å². The standard InChI is InChI=1S/C11H19N3O2/c1-8(2)9(15)14-6-5-13-11(7-14)3-4-12-10(11)16/h8,13H,3-7H2,1-2H3,(H,12,16). The molecule has 0 aliphatic carbocycles. The van der Waals surface area contributed by atoms with E-state index in [1.54, 1.807) is 0 Å². The molecule has 0 aromatic heterocycles. The molecule has 1 unspecified atom stereocenters. The Balaban J connectivity index is 2.10. The third kappa shape index (κ3) is 1.80. The molecular weight excluding hydrogens is 206 g/mol. The van der Waals surface area contributed by atoms with Crippen LogP contribution in [0.15, 0.2) is 0 Å². The van der Waals surface area contributed by atoms with E-state index >= 15 is 0 Å². The molecule has 0 saturated carbocycles. The smallest absolute Gasteiger partial charge is 0.242 e. The summed E-state index contributed by atoms with van der Waals surface area (Å²) < 4.78 is 0. The molecule has 0 aromatic rings. The summed E-state index contributed by atoms with van der Waals surface area (Å²) in [7, 11) is 0. The van der Waals surface area contributed by atoms with Gasteiger partial charge < -0.3 is 15.5 Å². The third-order valence-electron chi connectivity index (χ3n) is 3.38. The van der Waals surface area contributed by atoms with Crippen LogP contribution in [0.25, 0.3) is 0 Å². The normalized spacial score (nSPS) is 29.9. The van der Waals surface area contributed by atoms with E-state index < -0.39 is 5.54 Å². The van der Waals surface area contributed by atoms with Crippen LogP contribution in [0, 0.1) is 5.92 Å². The van der Waals surface area contributed by atoms with Gasteiger partial charge in [0, 0.05) is 32.1 Å². The van der Waals surface area contributed by atoms with E-state index in [-0.39, 0.29) is 17.7 Å². The fourth-order valence-corrected chi connectivity index (χ4v) is 2.44. The number of rotatable bonds is 1. The first-order chi connectivity index (χ1) is 7.55. The molecule has 0 aromatic carbocycles. The van der Waals surface area contributed by atoms with Crippen LogP contribution in [0.3, 0.4) is 0 Å². The minimum Gasteiger partial charge on any atom is -0.354 e. The van der Waals surface area contributed by atoms with Gasteiger partial charge in [-0.1, -0.05) is 13.8 Å². The van der Waals surface area contributed by atoms with Gasteiger partial charge >= 0.3 is 0 Å². The lowest BCUT2D eigenvalue weighted by Gasteiger charge is -2.40. The van der Waals surface area contributed by atoms with Crippen molar-refractivity contribution in [3.05, 3.63) is 0 Å². The van der Waals surface area contributed by atoms with Gasteiger partial charge in [0.2, 0.25) is 11.8 Å². The summed E-state index contributed by atoms with van der Waals surface area (Å²) in [6, 6.07) is 0. The number of carbonyl (C=O) groups is 2. The first-order valence-corrected chi connectivity index (χ1v) is 5.87. The fourth-order valence-electron chi connectivity index (χ4n) is 2.44. The van der Waals surface area contributed by atoms with Crippen molar-refractivity contribution in [2.45, 2.75) is 25.8 Å². The summed E-state index contributed by atoms with van der Waals surface area (Å²) in [6.45, 7) is 6.40. The second-order valence-corrected chi connectivity index (χ2v) is 4.93. The van der Waals surface area contributed by atoms with Crippen LogP contribution in [-0.4, -0.2) is 48.4 Å². The molecule has 5 nitrogen and oxygen atoms in total. The van der Waals surface area contributed by atoms with Crippen LogP contribution in [0.5, 0.6) is 0 Å². The molecule has 2 rings (SSSR count). The average Bonchev–Trinajstić information content (AvgIpc) is 2.59. The number of hydrogen-bond acceptors (Lipinski definition) is 3. The zero-order valence-corrected chi connectivity index (χ0v) is 9.88. The first kappa shape index (κ1) is 11.4. The van der Waals surface area contributed by atoms with E-state index in [9.17, 15) is 9.59 Å². The Hall–Kier alpha value is -1.10. The summed E-state index contributed by atoms with van der Waals surface area (Å²) in [5.74, 6) is 0.175. The molecule has 2 heterocycles. The van der Waals surface area contributed by atoms with E-state index in [0.29, 0.717) is 26.2 Å². The Bertz CT molecular complexity index is 316. The zero-order chi connectivity index (χ0) is 11.8. The number of nitrogens with zero attached hydrogens (tertiary/aromatic N) is 1. The highest BCUT2D eigenvalue weighted by Crippen LogP contribution is 2.21. The van der Waals surface area contributed by atoms with Crippen molar-refractivity contribution < 1.29 is 9.59 Å². The van der Waals surface area contributed by atoms with Gasteiger partial charge in [0.15, 0.2) is 0 Å².